The largest absolute Gasteiger partial charge is 0.361 e. The van der Waals surface area contributed by atoms with Crippen LogP contribution in [0.5, 0.6) is 0 Å². The predicted octanol–water partition coefficient (Wildman–Crippen LogP) is 3.37. The molecule has 0 saturated carbocycles. The van der Waals surface area contributed by atoms with Gasteiger partial charge in [-0.15, -0.1) is 5.10 Å². The van der Waals surface area contributed by atoms with Crippen LogP contribution in [0.3, 0.4) is 0 Å². The van der Waals surface area contributed by atoms with Crippen LogP contribution in [0, 0.1) is 13.8 Å². The SMILES string of the molecule is Cc1ccc(-c2nc(SCc3cc(C)on3)n[nH]2)cc1. The third kappa shape index (κ3) is 2.91. The van der Waals surface area contributed by atoms with Gasteiger partial charge in [-0.05, 0) is 13.8 Å². The fourth-order valence-corrected chi connectivity index (χ4v) is 2.46. The third-order valence-corrected chi connectivity index (χ3v) is 3.70. The number of nitrogens with one attached hydrogen (secondary N) is 1. The molecule has 1 N–H and O–H groups in total. The van der Waals surface area contributed by atoms with E-state index in [4.69, 9.17) is 4.52 Å². The van der Waals surface area contributed by atoms with E-state index in [0.717, 1.165) is 22.8 Å². The number of thioether (sulfide) groups is 1. The maximum atomic E-state index is 5.03. The lowest BCUT2D eigenvalue weighted by atomic mass is 10.1. The first-order valence-corrected chi connectivity index (χ1v) is 7.24. The third-order valence-electron chi connectivity index (χ3n) is 2.82. The molecule has 2 aromatic heterocycles. The standard InChI is InChI=1S/C14H14N4OS/c1-9-3-5-11(6-4-9)13-15-14(17-16-13)20-8-12-7-10(2)19-18-12/h3-7H,8H2,1-2H3,(H,15,16,17). The van der Waals surface area contributed by atoms with E-state index < -0.39 is 0 Å². The summed E-state index contributed by atoms with van der Waals surface area (Å²) in [6.07, 6.45) is 0. The summed E-state index contributed by atoms with van der Waals surface area (Å²) in [5.41, 5.74) is 3.16. The number of aromatic nitrogens is 4. The monoisotopic (exact) mass is 286 g/mol. The molecule has 0 saturated heterocycles. The first-order valence-electron chi connectivity index (χ1n) is 6.25. The fraction of sp³-hybridized carbons (Fsp3) is 0.214. The predicted molar refractivity (Wildman–Crippen MR) is 77.4 cm³/mol. The van der Waals surface area contributed by atoms with E-state index in [1.54, 1.807) is 0 Å². The highest BCUT2D eigenvalue weighted by Gasteiger charge is 2.08. The summed E-state index contributed by atoms with van der Waals surface area (Å²) in [5.74, 6) is 2.29. The number of nitrogens with zero attached hydrogens (tertiary/aromatic N) is 3. The first-order chi connectivity index (χ1) is 9.70. The molecule has 0 fully saturated rings. The van der Waals surface area contributed by atoms with Gasteiger partial charge in [0.1, 0.15) is 5.76 Å². The minimum atomic E-state index is 0.697. The van der Waals surface area contributed by atoms with Crippen LogP contribution in [-0.2, 0) is 5.75 Å². The Kier molecular flexibility index (Phi) is 3.56. The van der Waals surface area contributed by atoms with E-state index in [0.29, 0.717) is 10.9 Å². The van der Waals surface area contributed by atoms with Crippen LogP contribution in [0.25, 0.3) is 11.4 Å². The number of rotatable bonds is 4. The highest BCUT2D eigenvalue weighted by Crippen LogP contribution is 2.22. The number of hydrogen-bond acceptors (Lipinski definition) is 5. The molecule has 0 bridgehead atoms. The van der Waals surface area contributed by atoms with Crippen molar-refractivity contribution in [3.63, 3.8) is 0 Å². The van der Waals surface area contributed by atoms with Gasteiger partial charge in [-0.2, -0.15) is 0 Å². The molecule has 0 radical (unpaired) electrons. The van der Waals surface area contributed by atoms with Crippen molar-refractivity contribution in [2.24, 2.45) is 0 Å². The molecule has 0 unspecified atom stereocenters. The van der Waals surface area contributed by atoms with Gasteiger partial charge < -0.3 is 4.52 Å². The van der Waals surface area contributed by atoms with Crippen LogP contribution in [0.4, 0.5) is 0 Å². The van der Waals surface area contributed by atoms with Crippen LogP contribution in [0.1, 0.15) is 17.0 Å². The molecule has 3 rings (SSSR count). The number of aryl methyl sites for hydroxylation is 2. The molecule has 3 aromatic rings. The zero-order valence-corrected chi connectivity index (χ0v) is 12.1. The maximum Gasteiger partial charge on any atom is 0.209 e. The van der Waals surface area contributed by atoms with Crippen LogP contribution in [0.15, 0.2) is 40.0 Å². The van der Waals surface area contributed by atoms with Gasteiger partial charge in [-0.25, -0.2) is 4.98 Å². The van der Waals surface area contributed by atoms with E-state index in [9.17, 15) is 0 Å². The molecule has 1 aromatic carbocycles. The smallest absolute Gasteiger partial charge is 0.209 e. The summed E-state index contributed by atoms with van der Waals surface area (Å²) in [5, 5.41) is 11.8. The summed E-state index contributed by atoms with van der Waals surface area (Å²) in [6, 6.07) is 10.1. The van der Waals surface area contributed by atoms with Crippen molar-refractivity contribution in [3.05, 3.63) is 47.3 Å². The Morgan fingerprint density at radius 2 is 2.00 bits per heavy atom. The molecular formula is C14H14N4OS. The lowest BCUT2D eigenvalue weighted by Gasteiger charge is -1.96. The van der Waals surface area contributed by atoms with Gasteiger partial charge in [0.05, 0.1) is 5.69 Å². The van der Waals surface area contributed by atoms with Gasteiger partial charge in [0.2, 0.25) is 5.16 Å². The average molecular weight is 286 g/mol. The zero-order valence-electron chi connectivity index (χ0n) is 11.3. The first kappa shape index (κ1) is 12.9. The van der Waals surface area contributed by atoms with E-state index in [1.165, 1.54) is 17.3 Å². The number of H-pyrrole nitrogens is 1. The van der Waals surface area contributed by atoms with Gasteiger partial charge >= 0.3 is 0 Å². The van der Waals surface area contributed by atoms with E-state index in [2.05, 4.69) is 39.4 Å². The number of benzene rings is 1. The normalized spacial score (nSPS) is 10.9. The van der Waals surface area contributed by atoms with Crippen LogP contribution in [0.2, 0.25) is 0 Å². The van der Waals surface area contributed by atoms with Crippen molar-refractivity contribution in [1.29, 1.82) is 0 Å². The van der Waals surface area contributed by atoms with Crippen LogP contribution in [-0.4, -0.2) is 20.3 Å². The van der Waals surface area contributed by atoms with Crippen LogP contribution >= 0.6 is 11.8 Å². The molecule has 0 aliphatic rings. The minimum Gasteiger partial charge on any atom is -0.361 e. The molecule has 0 aliphatic carbocycles. The Morgan fingerprint density at radius 3 is 2.70 bits per heavy atom. The second kappa shape index (κ2) is 5.50. The van der Waals surface area contributed by atoms with Gasteiger partial charge in [-0.3, -0.25) is 5.10 Å². The highest BCUT2D eigenvalue weighted by atomic mass is 32.2. The quantitative estimate of drug-likeness (QED) is 0.745. The van der Waals surface area contributed by atoms with Gasteiger partial charge in [0.15, 0.2) is 5.82 Å². The lowest BCUT2D eigenvalue weighted by Crippen LogP contribution is -1.82. The Labute approximate surface area is 120 Å². The topological polar surface area (TPSA) is 67.6 Å². The molecule has 0 aliphatic heterocycles. The van der Waals surface area contributed by atoms with Crippen LogP contribution < -0.4 is 0 Å². The Balaban J connectivity index is 1.69. The van der Waals surface area contributed by atoms with Gasteiger partial charge in [0, 0.05) is 17.4 Å². The van der Waals surface area contributed by atoms with Crippen molar-refractivity contribution in [2.45, 2.75) is 24.8 Å². The molecule has 0 spiro atoms. The fourth-order valence-electron chi connectivity index (χ4n) is 1.78. The molecule has 102 valence electrons. The number of aromatic amines is 1. The molecular weight excluding hydrogens is 272 g/mol. The number of hydrogen-bond donors (Lipinski definition) is 1. The van der Waals surface area contributed by atoms with Crippen molar-refractivity contribution >= 4 is 11.8 Å². The maximum absolute atomic E-state index is 5.03. The summed E-state index contributed by atoms with van der Waals surface area (Å²) >= 11 is 1.53. The molecule has 20 heavy (non-hydrogen) atoms. The summed E-state index contributed by atoms with van der Waals surface area (Å²) < 4.78 is 5.03. The average Bonchev–Trinajstić information content (AvgIpc) is 3.06. The van der Waals surface area contributed by atoms with E-state index >= 15 is 0 Å². The van der Waals surface area contributed by atoms with Crippen molar-refractivity contribution in [3.8, 4) is 11.4 Å². The Morgan fingerprint density at radius 1 is 1.20 bits per heavy atom. The van der Waals surface area contributed by atoms with Crippen molar-refractivity contribution in [1.82, 2.24) is 20.3 Å². The summed E-state index contributed by atoms with van der Waals surface area (Å²) in [6.45, 7) is 3.94. The van der Waals surface area contributed by atoms with E-state index in [-0.39, 0.29) is 0 Å². The summed E-state index contributed by atoms with van der Waals surface area (Å²) in [7, 11) is 0. The van der Waals surface area contributed by atoms with Gasteiger partial charge in [-0.1, -0.05) is 46.7 Å². The molecule has 0 atom stereocenters. The Bertz CT molecular complexity index is 702. The van der Waals surface area contributed by atoms with Crippen molar-refractivity contribution in [2.75, 3.05) is 0 Å². The van der Waals surface area contributed by atoms with E-state index in [1.807, 2.05) is 25.1 Å². The molecule has 2 heterocycles. The highest BCUT2D eigenvalue weighted by molar-refractivity contribution is 7.98. The van der Waals surface area contributed by atoms with Gasteiger partial charge in [0.25, 0.3) is 0 Å². The molecule has 5 nitrogen and oxygen atoms in total. The summed E-state index contributed by atoms with van der Waals surface area (Å²) in [4.78, 5) is 4.47. The second-order valence-electron chi connectivity index (χ2n) is 4.55. The van der Waals surface area contributed by atoms with Crippen molar-refractivity contribution < 1.29 is 4.52 Å². The Hall–Kier alpha value is -2.08. The molecule has 0 amide bonds. The minimum absolute atomic E-state index is 0.697. The molecule has 6 heteroatoms. The zero-order chi connectivity index (χ0) is 13.9. The lowest BCUT2D eigenvalue weighted by molar-refractivity contribution is 0.393. The second-order valence-corrected chi connectivity index (χ2v) is 5.49.